The van der Waals surface area contributed by atoms with Crippen LogP contribution in [0.25, 0.3) is 0 Å². The number of piperidine rings is 1. The molecule has 0 aromatic carbocycles. The number of piperazine rings is 1. The fraction of sp³-hybridized carbons (Fsp3) is 0.556. The van der Waals surface area contributed by atoms with Crippen molar-refractivity contribution >= 4 is 23.2 Å². The molecule has 8 heteroatoms. The molecule has 0 bridgehead atoms. The average molecular weight is 372 g/mol. The zero-order valence-corrected chi connectivity index (χ0v) is 15.6. The summed E-state index contributed by atoms with van der Waals surface area (Å²) in [5.74, 6) is 1.01. The van der Waals surface area contributed by atoms with Gasteiger partial charge in [-0.05, 0) is 25.3 Å². The van der Waals surface area contributed by atoms with E-state index in [9.17, 15) is 4.79 Å². The van der Waals surface area contributed by atoms with Crippen LogP contribution < -0.4 is 4.90 Å². The van der Waals surface area contributed by atoms with Gasteiger partial charge >= 0.3 is 0 Å². The number of likely N-dealkylation sites (tertiary alicyclic amines) is 1. The average Bonchev–Trinajstić information content (AvgIpc) is 3.24. The molecule has 138 valence electrons. The standard InChI is InChI=1S/C18H24N6OS/c25-16(24-8-2-1-4-15(24)17-19-7-13-26-17)14-22-9-11-23(12-10-22)18-20-5-3-6-21-18/h3,5-7,13,15H,1-2,4,8-12,14H2/t15-/m1/s1. The summed E-state index contributed by atoms with van der Waals surface area (Å²) in [5, 5.41) is 3.07. The van der Waals surface area contributed by atoms with Crippen molar-refractivity contribution in [2.24, 2.45) is 0 Å². The Morgan fingerprint density at radius 3 is 2.58 bits per heavy atom. The largest absolute Gasteiger partial charge is 0.338 e. The Bertz CT molecular complexity index is 702. The van der Waals surface area contributed by atoms with Gasteiger partial charge in [-0.3, -0.25) is 9.69 Å². The fourth-order valence-corrected chi connectivity index (χ4v) is 4.51. The normalized spacial score (nSPS) is 21.8. The van der Waals surface area contributed by atoms with E-state index in [1.807, 2.05) is 17.6 Å². The first-order valence-electron chi connectivity index (χ1n) is 9.24. The van der Waals surface area contributed by atoms with Gasteiger partial charge in [-0.1, -0.05) is 0 Å². The molecule has 2 aromatic rings. The van der Waals surface area contributed by atoms with E-state index in [1.165, 1.54) is 6.42 Å². The predicted molar refractivity (Wildman–Crippen MR) is 101 cm³/mol. The number of amides is 1. The van der Waals surface area contributed by atoms with Crippen molar-refractivity contribution in [3.05, 3.63) is 35.0 Å². The van der Waals surface area contributed by atoms with Crippen LogP contribution >= 0.6 is 11.3 Å². The van der Waals surface area contributed by atoms with Gasteiger partial charge in [0.1, 0.15) is 5.01 Å². The molecule has 2 fully saturated rings. The van der Waals surface area contributed by atoms with Crippen molar-refractivity contribution in [1.29, 1.82) is 0 Å². The lowest BCUT2D eigenvalue weighted by Gasteiger charge is -2.38. The molecule has 1 amide bonds. The molecule has 4 rings (SSSR count). The highest BCUT2D eigenvalue weighted by Crippen LogP contribution is 2.32. The lowest BCUT2D eigenvalue weighted by atomic mass is 10.0. The Morgan fingerprint density at radius 2 is 1.85 bits per heavy atom. The molecule has 2 saturated heterocycles. The maximum atomic E-state index is 12.9. The van der Waals surface area contributed by atoms with Gasteiger partial charge in [-0.2, -0.15) is 0 Å². The van der Waals surface area contributed by atoms with E-state index in [-0.39, 0.29) is 11.9 Å². The summed E-state index contributed by atoms with van der Waals surface area (Å²) >= 11 is 1.66. The quantitative estimate of drug-likeness (QED) is 0.816. The topological polar surface area (TPSA) is 65.5 Å². The number of nitrogens with zero attached hydrogens (tertiary/aromatic N) is 6. The van der Waals surface area contributed by atoms with Crippen LogP contribution in [-0.4, -0.2) is 69.9 Å². The van der Waals surface area contributed by atoms with Crippen LogP contribution in [0.3, 0.4) is 0 Å². The molecule has 7 nitrogen and oxygen atoms in total. The highest BCUT2D eigenvalue weighted by Gasteiger charge is 2.31. The van der Waals surface area contributed by atoms with Gasteiger partial charge in [-0.25, -0.2) is 15.0 Å². The highest BCUT2D eigenvalue weighted by atomic mass is 32.1. The third-order valence-electron chi connectivity index (χ3n) is 5.13. The lowest BCUT2D eigenvalue weighted by Crippen LogP contribution is -2.51. The van der Waals surface area contributed by atoms with E-state index >= 15 is 0 Å². The second-order valence-electron chi connectivity index (χ2n) is 6.78. The van der Waals surface area contributed by atoms with Gasteiger partial charge in [0.05, 0.1) is 12.6 Å². The van der Waals surface area contributed by atoms with E-state index in [1.54, 1.807) is 23.7 Å². The summed E-state index contributed by atoms with van der Waals surface area (Å²) in [7, 11) is 0. The smallest absolute Gasteiger partial charge is 0.237 e. The zero-order chi connectivity index (χ0) is 17.8. The lowest BCUT2D eigenvalue weighted by molar-refractivity contribution is -0.136. The maximum Gasteiger partial charge on any atom is 0.237 e. The zero-order valence-electron chi connectivity index (χ0n) is 14.8. The van der Waals surface area contributed by atoms with Gasteiger partial charge in [0, 0.05) is 56.7 Å². The Hall–Kier alpha value is -2.06. The van der Waals surface area contributed by atoms with Crippen LogP contribution in [0.2, 0.25) is 0 Å². The number of hydrogen-bond acceptors (Lipinski definition) is 7. The minimum atomic E-state index is 0.162. The van der Waals surface area contributed by atoms with Crippen molar-refractivity contribution in [2.75, 3.05) is 44.2 Å². The first-order valence-corrected chi connectivity index (χ1v) is 10.1. The van der Waals surface area contributed by atoms with E-state index in [4.69, 9.17) is 0 Å². The van der Waals surface area contributed by atoms with Gasteiger partial charge in [0.15, 0.2) is 0 Å². The Labute approximate surface area is 157 Å². The van der Waals surface area contributed by atoms with Crippen LogP contribution in [0.4, 0.5) is 5.95 Å². The van der Waals surface area contributed by atoms with E-state index in [2.05, 4.69) is 29.7 Å². The maximum absolute atomic E-state index is 12.9. The van der Waals surface area contributed by atoms with Crippen LogP contribution in [0.5, 0.6) is 0 Å². The Balaban J connectivity index is 1.33. The predicted octanol–water partition coefficient (Wildman–Crippen LogP) is 1.81. The second-order valence-corrected chi connectivity index (χ2v) is 7.71. The van der Waals surface area contributed by atoms with E-state index < -0.39 is 0 Å². The monoisotopic (exact) mass is 372 g/mol. The molecule has 0 radical (unpaired) electrons. The van der Waals surface area contributed by atoms with E-state index in [0.717, 1.165) is 56.5 Å². The first kappa shape index (κ1) is 17.4. The number of anilines is 1. The molecule has 0 N–H and O–H groups in total. The molecule has 1 atom stereocenters. The SMILES string of the molecule is O=C(CN1CCN(c2ncccn2)CC1)N1CCCC[C@@H]1c1nccs1. The molecule has 0 spiro atoms. The second kappa shape index (κ2) is 8.09. The minimum absolute atomic E-state index is 0.162. The molecule has 4 heterocycles. The van der Waals surface area contributed by atoms with Crippen LogP contribution in [0, 0.1) is 0 Å². The third-order valence-corrected chi connectivity index (χ3v) is 6.00. The summed E-state index contributed by atoms with van der Waals surface area (Å²) in [4.78, 5) is 32.5. The van der Waals surface area contributed by atoms with Gasteiger partial charge in [-0.15, -0.1) is 11.3 Å². The van der Waals surface area contributed by atoms with Gasteiger partial charge in [0.25, 0.3) is 0 Å². The molecular weight excluding hydrogens is 348 g/mol. The van der Waals surface area contributed by atoms with Crippen LogP contribution in [0.15, 0.2) is 30.0 Å². The summed E-state index contributed by atoms with van der Waals surface area (Å²) in [6.07, 6.45) is 8.66. The molecule has 0 saturated carbocycles. The third kappa shape index (κ3) is 3.86. The molecular formula is C18H24N6OS. The first-order chi connectivity index (χ1) is 12.8. The number of aromatic nitrogens is 3. The summed E-state index contributed by atoms with van der Waals surface area (Å²) in [6, 6.07) is 1.99. The number of thiazole rings is 1. The van der Waals surface area contributed by atoms with Crippen molar-refractivity contribution in [1.82, 2.24) is 24.8 Å². The Morgan fingerprint density at radius 1 is 1.04 bits per heavy atom. The van der Waals surface area contributed by atoms with Gasteiger partial charge in [0.2, 0.25) is 11.9 Å². The number of rotatable bonds is 4. The van der Waals surface area contributed by atoms with Crippen LogP contribution in [0.1, 0.15) is 30.3 Å². The molecule has 26 heavy (non-hydrogen) atoms. The molecule has 0 unspecified atom stereocenters. The molecule has 0 aliphatic carbocycles. The summed E-state index contributed by atoms with van der Waals surface area (Å²) in [5.41, 5.74) is 0. The molecule has 2 aromatic heterocycles. The summed E-state index contributed by atoms with van der Waals surface area (Å²) < 4.78 is 0. The summed E-state index contributed by atoms with van der Waals surface area (Å²) in [6.45, 7) is 4.77. The highest BCUT2D eigenvalue weighted by molar-refractivity contribution is 7.09. The number of carbonyl (C=O) groups excluding carboxylic acids is 1. The van der Waals surface area contributed by atoms with Crippen LogP contribution in [-0.2, 0) is 4.79 Å². The molecule has 2 aliphatic rings. The van der Waals surface area contributed by atoms with Crippen molar-refractivity contribution in [3.8, 4) is 0 Å². The van der Waals surface area contributed by atoms with E-state index in [0.29, 0.717) is 6.54 Å². The number of hydrogen-bond donors (Lipinski definition) is 0. The Kier molecular flexibility index (Phi) is 5.40. The minimum Gasteiger partial charge on any atom is -0.338 e. The fourth-order valence-electron chi connectivity index (χ4n) is 3.73. The van der Waals surface area contributed by atoms with Crippen molar-refractivity contribution in [3.63, 3.8) is 0 Å². The van der Waals surface area contributed by atoms with Crippen molar-refractivity contribution in [2.45, 2.75) is 25.3 Å². The van der Waals surface area contributed by atoms with Gasteiger partial charge < -0.3 is 9.80 Å². The number of carbonyl (C=O) groups is 1. The molecule has 2 aliphatic heterocycles. The van der Waals surface area contributed by atoms with Crippen molar-refractivity contribution < 1.29 is 4.79 Å².